The highest BCUT2D eigenvalue weighted by molar-refractivity contribution is 5.86. The van der Waals surface area contributed by atoms with Crippen LogP contribution in [-0.2, 0) is 16.0 Å². The molecule has 0 radical (unpaired) electrons. The number of nitrogens with two attached hydrogens (primary N) is 1. The lowest BCUT2D eigenvalue weighted by molar-refractivity contribution is -0.103. The van der Waals surface area contributed by atoms with E-state index in [1.807, 2.05) is 0 Å². The summed E-state index contributed by atoms with van der Waals surface area (Å²) in [6.45, 7) is 1.91. The monoisotopic (exact) mass is 212 g/mol. The molecule has 1 aromatic rings. The second kappa shape index (κ2) is 4.37. The van der Waals surface area contributed by atoms with Gasteiger partial charge in [0.1, 0.15) is 6.10 Å². The molecule has 0 atom stereocenters. The van der Waals surface area contributed by atoms with Crippen molar-refractivity contribution < 1.29 is 14.3 Å². The molecule has 7 nitrogen and oxygen atoms in total. The van der Waals surface area contributed by atoms with Gasteiger partial charge in [0, 0.05) is 6.54 Å². The van der Waals surface area contributed by atoms with Gasteiger partial charge < -0.3 is 15.2 Å². The van der Waals surface area contributed by atoms with Gasteiger partial charge in [-0.3, -0.25) is 4.68 Å². The average molecular weight is 212 g/mol. The van der Waals surface area contributed by atoms with E-state index in [4.69, 9.17) is 15.2 Å². The average Bonchev–Trinajstić information content (AvgIpc) is 2.60. The summed E-state index contributed by atoms with van der Waals surface area (Å²) in [7, 11) is 0. The lowest BCUT2D eigenvalue weighted by Gasteiger charge is -2.24. The van der Waals surface area contributed by atoms with Crippen LogP contribution in [0.3, 0.4) is 0 Å². The lowest BCUT2D eigenvalue weighted by Crippen LogP contribution is -2.37. The highest BCUT2D eigenvalue weighted by atomic mass is 16.6. The van der Waals surface area contributed by atoms with Gasteiger partial charge in [0.15, 0.2) is 5.69 Å². The molecule has 82 valence electrons. The third-order valence-corrected chi connectivity index (χ3v) is 1.99. The van der Waals surface area contributed by atoms with Crippen molar-refractivity contribution in [1.82, 2.24) is 15.0 Å². The first-order valence-electron chi connectivity index (χ1n) is 4.68. The van der Waals surface area contributed by atoms with Crippen LogP contribution in [0.1, 0.15) is 10.5 Å². The van der Waals surface area contributed by atoms with Crippen LogP contribution >= 0.6 is 0 Å². The topological polar surface area (TPSA) is 92.3 Å². The molecule has 0 aliphatic carbocycles. The minimum atomic E-state index is -0.466. The van der Waals surface area contributed by atoms with E-state index in [0.717, 1.165) is 0 Å². The van der Waals surface area contributed by atoms with E-state index in [0.29, 0.717) is 26.3 Å². The number of aromatic nitrogens is 3. The summed E-state index contributed by atoms with van der Waals surface area (Å²) in [6.07, 6.45) is 1.38. The van der Waals surface area contributed by atoms with E-state index in [9.17, 15) is 4.79 Å². The van der Waals surface area contributed by atoms with Gasteiger partial charge in [0.05, 0.1) is 26.0 Å². The van der Waals surface area contributed by atoms with E-state index in [1.165, 1.54) is 10.9 Å². The van der Waals surface area contributed by atoms with Crippen LogP contribution in [0.5, 0.6) is 0 Å². The molecule has 0 amide bonds. The van der Waals surface area contributed by atoms with E-state index >= 15 is 0 Å². The summed E-state index contributed by atoms with van der Waals surface area (Å²) in [4.78, 5) is 11.4. The molecule has 0 unspecified atom stereocenters. The Morgan fingerprint density at radius 2 is 2.53 bits per heavy atom. The Kier molecular flexibility index (Phi) is 2.93. The van der Waals surface area contributed by atoms with Crippen LogP contribution in [0.2, 0.25) is 0 Å². The van der Waals surface area contributed by atoms with Gasteiger partial charge in [0.2, 0.25) is 0 Å². The Morgan fingerprint density at radius 3 is 3.13 bits per heavy atom. The van der Waals surface area contributed by atoms with E-state index in [1.54, 1.807) is 0 Å². The van der Waals surface area contributed by atoms with Crippen molar-refractivity contribution in [3.8, 4) is 0 Å². The molecule has 2 N–H and O–H groups in total. The first-order chi connectivity index (χ1) is 7.29. The van der Waals surface area contributed by atoms with Gasteiger partial charge in [0.25, 0.3) is 0 Å². The minimum Gasteiger partial charge on any atom is -0.453 e. The summed E-state index contributed by atoms with van der Waals surface area (Å²) in [5.74, 6) is -0.466. The Morgan fingerprint density at radius 1 is 1.73 bits per heavy atom. The first kappa shape index (κ1) is 10.1. The summed E-state index contributed by atoms with van der Waals surface area (Å²) in [5.41, 5.74) is 5.54. The SMILES string of the molecule is NCCn1cc(C(=O)OC2COC2)nn1. The molecule has 1 saturated heterocycles. The zero-order chi connectivity index (χ0) is 10.7. The van der Waals surface area contributed by atoms with Crippen molar-refractivity contribution >= 4 is 5.97 Å². The molecule has 1 aromatic heterocycles. The fourth-order valence-corrected chi connectivity index (χ4v) is 1.13. The Balaban J connectivity index is 1.92. The maximum absolute atomic E-state index is 11.4. The number of hydrogen-bond donors (Lipinski definition) is 1. The van der Waals surface area contributed by atoms with Gasteiger partial charge >= 0.3 is 5.97 Å². The predicted molar refractivity (Wildman–Crippen MR) is 49.1 cm³/mol. The molecule has 0 aromatic carbocycles. The standard InChI is InChI=1S/C8H12N4O3/c9-1-2-12-3-7(10-11-12)8(13)15-6-4-14-5-6/h3,6H,1-2,4-5,9H2. The smallest absolute Gasteiger partial charge is 0.360 e. The van der Waals surface area contributed by atoms with Crippen molar-refractivity contribution in [2.75, 3.05) is 19.8 Å². The third kappa shape index (κ3) is 2.31. The fourth-order valence-electron chi connectivity index (χ4n) is 1.13. The summed E-state index contributed by atoms with van der Waals surface area (Å²) in [5, 5.41) is 7.42. The molecular weight excluding hydrogens is 200 g/mol. The first-order valence-corrected chi connectivity index (χ1v) is 4.68. The number of esters is 1. The molecule has 0 bridgehead atoms. The van der Waals surface area contributed by atoms with Crippen LogP contribution in [-0.4, -0.2) is 46.8 Å². The van der Waals surface area contributed by atoms with E-state index in [-0.39, 0.29) is 11.8 Å². The predicted octanol–water partition coefficient (Wildman–Crippen LogP) is -1.21. The number of carbonyl (C=O) groups excluding carboxylic acids is 1. The number of hydrogen-bond acceptors (Lipinski definition) is 6. The quantitative estimate of drug-likeness (QED) is 0.630. The largest absolute Gasteiger partial charge is 0.453 e. The molecule has 1 aliphatic heterocycles. The Bertz CT molecular complexity index is 347. The molecular formula is C8H12N4O3. The van der Waals surface area contributed by atoms with Crippen molar-refractivity contribution in [2.45, 2.75) is 12.6 Å². The third-order valence-electron chi connectivity index (χ3n) is 1.99. The molecule has 15 heavy (non-hydrogen) atoms. The van der Waals surface area contributed by atoms with Crippen molar-refractivity contribution in [3.63, 3.8) is 0 Å². The number of rotatable bonds is 4. The second-order valence-corrected chi connectivity index (χ2v) is 3.22. The van der Waals surface area contributed by atoms with Gasteiger partial charge in [-0.1, -0.05) is 5.21 Å². The van der Waals surface area contributed by atoms with Crippen LogP contribution in [0.15, 0.2) is 6.20 Å². The van der Waals surface area contributed by atoms with Gasteiger partial charge in [-0.15, -0.1) is 5.10 Å². The number of nitrogens with zero attached hydrogens (tertiary/aromatic N) is 3. The highest BCUT2D eigenvalue weighted by Gasteiger charge is 2.24. The van der Waals surface area contributed by atoms with Crippen LogP contribution in [0.4, 0.5) is 0 Å². The Hall–Kier alpha value is -1.47. The van der Waals surface area contributed by atoms with Gasteiger partial charge in [-0.05, 0) is 0 Å². The van der Waals surface area contributed by atoms with Crippen molar-refractivity contribution in [3.05, 3.63) is 11.9 Å². The van der Waals surface area contributed by atoms with Crippen LogP contribution in [0, 0.1) is 0 Å². The fraction of sp³-hybridized carbons (Fsp3) is 0.625. The molecule has 1 aliphatic rings. The van der Waals surface area contributed by atoms with Gasteiger partial charge in [-0.2, -0.15) is 0 Å². The van der Waals surface area contributed by atoms with E-state index in [2.05, 4.69) is 10.3 Å². The number of ether oxygens (including phenoxy) is 2. The zero-order valence-electron chi connectivity index (χ0n) is 8.13. The van der Waals surface area contributed by atoms with Gasteiger partial charge in [-0.25, -0.2) is 4.79 Å². The molecule has 2 rings (SSSR count). The summed E-state index contributed by atoms with van der Waals surface area (Å²) >= 11 is 0. The molecule has 1 fully saturated rings. The Labute approximate surface area is 86.1 Å². The minimum absolute atomic E-state index is 0.142. The number of carbonyl (C=O) groups is 1. The van der Waals surface area contributed by atoms with Crippen LogP contribution < -0.4 is 5.73 Å². The molecule has 7 heteroatoms. The highest BCUT2D eigenvalue weighted by Crippen LogP contribution is 2.08. The van der Waals surface area contributed by atoms with Crippen molar-refractivity contribution in [1.29, 1.82) is 0 Å². The maximum Gasteiger partial charge on any atom is 0.360 e. The lowest BCUT2D eigenvalue weighted by atomic mass is 10.3. The summed E-state index contributed by atoms with van der Waals surface area (Å²) < 4.78 is 11.4. The van der Waals surface area contributed by atoms with Crippen molar-refractivity contribution in [2.24, 2.45) is 5.73 Å². The maximum atomic E-state index is 11.4. The molecule has 0 spiro atoms. The summed E-state index contributed by atoms with van der Waals surface area (Å²) in [6, 6.07) is 0. The molecule has 0 saturated carbocycles. The normalized spacial score (nSPS) is 16.1. The van der Waals surface area contributed by atoms with E-state index < -0.39 is 5.97 Å². The zero-order valence-corrected chi connectivity index (χ0v) is 8.13. The van der Waals surface area contributed by atoms with Crippen LogP contribution in [0.25, 0.3) is 0 Å². The molecule has 2 heterocycles. The second-order valence-electron chi connectivity index (χ2n) is 3.22.